The summed E-state index contributed by atoms with van der Waals surface area (Å²) in [5, 5.41) is 6.59. The van der Waals surface area contributed by atoms with Crippen LogP contribution in [0.15, 0.2) is 66.8 Å². The number of alkyl halides is 1. The van der Waals surface area contributed by atoms with E-state index < -0.39 is 12.1 Å². The van der Waals surface area contributed by atoms with Gasteiger partial charge in [0.2, 0.25) is 6.36 Å². The number of carbonyl (C=O) groups is 1. The molecule has 1 fully saturated rings. The van der Waals surface area contributed by atoms with Crippen molar-refractivity contribution < 1.29 is 20.1 Å². The van der Waals surface area contributed by atoms with Crippen molar-refractivity contribution in [3.8, 4) is 11.5 Å². The maximum Gasteiger partial charge on any atom is 0.238 e. The summed E-state index contributed by atoms with van der Waals surface area (Å²) in [6.45, 7) is 18.2. The molecule has 3 heterocycles. The second-order valence-electron chi connectivity index (χ2n) is 11.0. The molecule has 236 valence electrons. The van der Waals surface area contributed by atoms with E-state index in [0.29, 0.717) is 5.75 Å². The van der Waals surface area contributed by atoms with Crippen molar-refractivity contribution >= 4 is 11.5 Å². The zero-order valence-corrected chi connectivity index (χ0v) is 25.3. The molecule has 3 aliphatic heterocycles. The van der Waals surface area contributed by atoms with Gasteiger partial charge < -0.3 is 25.0 Å². The summed E-state index contributed by atoms with van der Waals surface area (Å²) in [5.41, 5.74) is 4.07. The average Bonchev–Trinajstić information content (AvgIpc) is 3.89. The first kappa shape index (κ1) is 36.5. The monoisotopic (exact) mass is 585 g/mol. The Hall–Kier alpha value is -3.48. The zero-order valence-electron chi connectivity index (χ0n) is 25.3. The topological polar surface area (TPSA) is 72.7 Å². The van der Waals surface area contributed by atoms with Crippen LogP contribution >= 0.6 is 0 Å². The highest BCUT2D eigenvalue weighted by Crippen LogP contribution is 2.42. The van der Waals surface area contributed by atoms with E-state index >= 15 is 0 Å². The van der Waals surface area contributed by atoms with E-state index in [1.807, 2.05) is 32.4 Å². The summed E-state index contributed by atoms with van der Waals surface area (Å²) in [7, 11) is 1.47. The third-order valence-electron chi connectivity index (χ3n) is 7.56. The highest BCUT2D eigenvalue weighted by Gasteiger charge is 2.36. The van der Waals surface area contributed by atoms with Crippen molar-refractivity contribution in [2.24, 2.45) is 17.3 Å². The second-order valence-corrected chi connectivity index (χ2v) is 11.0. The number of nitrogens with zero attached hydrogens (tertiary/aromatic N) is 1. The molecule has 4 aliphatic rings. The molecule has 42 heavy (non-hydrogen) atoms. The van der Waals surface area contributed by atoms with Gasteiger partial charge >= 0.3 is 0 Å². The number of hydrogen-bond acceptors (Lipinski definition) is 6. The Morgan fingerprint density at radius 2 is 1.83 bits per heavy atom. The van der Waals surface area contributed by atoms with Crippen molar-refractivity contribution in [3.63, 3.8) is 0 Å². The number of nitrogens with one attached hydrogen (secondary N) is 2. The number of allylic oxidation sites excluding steroid dienone is 3. The predicted octanol–water partition coefficient (Wildman–Crippen LogP) is 9.20. The highest BCUT2D eigenvalue weighted by molar-refractivity contribution is 6.08. The Morgan fingerprint density at radius 1 is 1.21 bits per heavy atom. The Morgan fingerprint density at radius 3 is 2.31 bits per heavy atom. The van der Waals surface area contributed by atoms with Crippen LogP contribution in [0, 0.1) is 17.3 Å². The first-order valence-corrected chi connectivity index (χ1v) is 14.4. The third-order valence-corrected chi connectivity index (χ3v) is 7.56. The lowest BCUT2D eigenvalue weighted by atomic mass is 9.81. The number of benzene rings is 1. The van der Waals surface area contributed by atoms with Crippen LogP contribution in [0.3, 0.4) is 0 Å². The maximum atomic E-state index is 14.1. The Bertz CT molecular complexity index is 1210. The van der Waals surface area contributed by atoms with E-state index in [2.05, 4.69) is 62.0 Å². The summed E-state index contributed by atoms with van der Waals surface area (Å²) in [6, 6.07) is 3.43. The van der Waals surface area contributed by atoms with Gasteiger partial charge in [-0.15, -0.1) is 0 Å². The van der Waals surface area contributed by atoms with Crippen LogP contribution in [0.2, 0.25) is 0 Å². The van der Waals surface area contributed by atoms with E-state index in [4.69, 9.17) is 9.47 Å². The standard InChI is InChI=1S/C25H28FN3O3.C6H12.C2H6.2CH4.H2/c1-6-18(30)24-19(31-5)10-15(11-20(24)32-22(26)7-2)17-13-28-23-12-16(8-9-29(17)23)25(3,4)21-14-27-21;1-5(2)6-3-4-6;1-2;;;/h6,8-14,22-23,27-28H,1,7H2,2-5H3;5-6H,3-4H2,1-2H3;1-2H3;2*1H4;1H. The predicted molar refractivity (Wildman–Crippen MR) is 177 cm³/mol. The molecule has 0 radical (unpaired) electrons. The number of ketones is 1. The normalized spacial score (nSPS) is 18.3. The maximum absolute atomic E-state index is 14.1. The van der Waals surface area contributed by atoms with E-state index in [0.717, 1.165) is 23.1 Å². The molecule has 1 aromatic carbocycles. The zero-order chi connectivity index (χ0) is 29.6. The summed E-state index contributed by atoms with van der Waals surface area (Å²) >= 11 is 0. The van der Waals surface area contributed by atoms with Crippen LogP contribution in [0.1, 0.15) is 99.9 Å². The SMILES string of the molecule is C.C.C=CC(=O)c1c(OC)cc(C2=CNC3C=C(C(C)(C)C4=CN4)C=CN23)cc1OC(F)CC.CC.CC(C)C1CC1.[HH]. The lowest BCUT2D eigenvalue weighted by molar-refractivity contribution is 0.0625. The molecule has 0 aromatic heterocycles. The fraction of sp³-hybridized carbons (Fsp3) is 0.514. The molecule has 0 saturated heterocycles. The minimum Gasteiger partial charge on any atom is -0.496 e. The van der Waals surface area contributed by atoms with Crippen LogP contribution in [0.5, 0.6) is 11.5 Å². The van der Waals surface area contributed by atoms with Crippen molar-refractivity contribution in [2.75, 3.05) is 7.11 Å². The largest absolute Gasteiger partial charge is 0.496 e. The van der Waals surface area contributed by atoms with E-state index in [1.165, 1.54) is 37.3 Å². The minimum absolute atomic E-state index is 0. The fourth-order valence-electron chi connectivity index (χ4n) is 4.68. The number of ether oxygens (including phenoxy) is 2. The minimum atomic E-state index is -1.54. The van der Waals surface area contributed by atoms with Crippen LogP contribution < -0.4 is 20.1 Å². The third kappa shape index (κ3) is 8.30. The first-order valence-electron chi connectivity index (χ1n) is 14.4. The molecule has 0 spiro atoms. The molecular formula is C35H56FN3O3. The van der Waals surface area contributed by atoms with Gasteiger partial charge in [0.1, 0.15) is 23.2 Å². The van der Waals surface area contributed by atoms with Crippen molar-refractivity contribution in [3.05, 3.63) is 77.9 Å². The van der Waals surface area contributed by atoms with Crippen LogP contribution in [0.25, 0.3) is 5.70 Å². The van der Waals surface area contributed by atoms with Crippen LogP contribution in [-0.2, 0) is 0 Å². The number of carbonyl (C=O) groups excluding carboxylic acids is 1. The van der Waals surface area contributed by atoms with Gasteiger partial charge in [0, 0.05) is 43.1 Å². The van der Waals surface area contributed by atoms with Gasteiger partial charge in [-0.25, -0.2) is 4.39 Å². The molecule has 2 unspecified atom stereocenters. The van der Waals surface area contributed by atoms with Gasteiger partial charge in [-0.1, -0.05) is 69.9 Å². The highest BCUT2D eigenvalue weighted by atomic mass is 19.1. The smallest absolute Gasteiger partial charge is 0.238 e. The molecule has 0 amide bonds. The number of halogens is 1. The molecular weight excluding hydrogens is 529 g/mol. The van der Waals surface area contributed by atoms with Gasteiger partial charge in [-0.05, 0) is 60.6 Å². The molecule has 1 saturated carbocycles. The molecule has 5 rings (SSSR count). The lowest BCUT2D eigenvalue weighted by Gasteiger charge is -2.32. The molecule has 2 N–H and O–H groups in total. The molecule has 0 bridgehead atoms. The summed E-state index contributed by atoms with van der Waals surface area (Å²) in [4.78, 5) is 14.5. The Labute approximate surface area is 255 Å². The van der Waals surface area contributed by atoms with Gasteiger partial charge in [0.25, 0.3) is 0 Å². The van der Waals surface area contributed by atoms with Gasteiger partial charge in [-0.2, -0.15) is 0 Å². The van der Waals surface area contributed by atoms with Crippen molar-refractivity contribution in [2.45, 2.75) is 95.1 Å². The molecule has 7 heteroatoms. The lowest BCUT2D eigenvalue weighted by Crippen LogP contribution is -2.35. The number of methoxy groups -OCH3 is 1. The molecule has 1 aromatic rings. The fourth-order valence-corrected chi connectivity index (χ4v) is 4.68. The average molecular weight is 586 g/mol. The van der Waals surface area contributed by atoms with E-state index in [1.54, 1.807) is 19.1 Å². The summed E-state index contributed by atoms with van der Waals surface area (Å²) in [5.74, 6) is 2.11. The van der Waals surface area contributed by atoms with Gasteiger partial charge in [0.05, 0.1) is 12.8 Å². The Balaban J connectivity index is 0.00000141. The van der Waals surface area contributed by atoms with Crippen LogP contribution in [0.4, 0.5) is 4.39 Å². The first-order chi connectivity index (χ1) is 19.1. The summed E-state index contributed by atoms with van der Waals surface area (Å²) in [6.07, 6.45) is 12.9. The van der Waals surface area contributed by atoms with E-state index in [-0.39, 0.29) is 45.6 Å². The quantitative estimate of drug-likeness (QED) is 0.211. The number of rotatable bonds is 10. The van der Waals surface area contributed by atoms with Crippen molar-refractivity contribution in [1.29, 1.82) is 0 Å². The number of hydrogen-bond donors (Lipinski definition) is 2. The molecule has 6 nitrogen and oxygen atoms in total. The second kappa shape index (κ2) is 15.7. The van der Waals surface area contributed by atoms with Gasteiger partial charge in [-0.3, -0.25) is 4.79 Å². The summed E-state index contributed by atoms with van der Waals surface area (Å²) < 4.78 is 25.1. The van der Waals surface area contributed by atoms with Crippen LogP contribution in [-0.4, -0.2) is 30.3 Å². The van der Waals surface area contributed by atoms with Crippen molar-refractivity contribution in [1.82, 2.24) is 15.5 Å². The number of fused-ring (bicyclic) bond motifs is 1. The molecule has 2 atom stereocenters. The Kier molecular flexibility index (Phi) is 13.6. The van der Waals surface area contributed by atoms with E-state index in [9.17, 15) is 9.18 Å². The van der Waals surface area contributed by atoms with Gasteiger partial charge in [0.15, 0.2) is 5.78 Å². The molecule has 1 aliphatic carbocycles.